The predicted molar refractivity (Wildman–Crippen MR) is 84.8 cm³/mol. The topological polar surface area (TPSA) is 84.7 Å². The van der Waals surface area contributed by atoms with Gasteiger partial charge in [0.05, 0.1) is 12.5 Å². The van der Waals surface area contributed by atoms with Crippen LogP contribution in [0, 0.1) is 0 Å². The third kappa shape index (κ3) is 6.12. The van der Waals surface area contributed by atoms with E-state index in [9.17, 15) is 9.59 Å². The minimum absolute atomic E-state index is 0. The van der Waals surface area contributed by atoms with Gasteiger partial charge in [0.1, 0.15) is 0 Å². The van der Waals surface area contributed by atoms with Gasteiger partial charge >= 0.3 is 0 Å². The lowest BCUT2D eigenvalue weighted by Gasteiger charge is -2.13. The van der Waals surface area contributed by atoms with E-state index in [1.54, 1.807) is 38.4 Å². The van der Waals surface area contributed by atoms with E-state index >= 15 is 0 Å². The van der Waals surface area contributed by atoms with Gasteiger partial charge in [-0.3, -0.25) is 9.59 Å². The normalized spacial score (nSPS) is 11.2. The van der Waals surface area contributed by atoms with Crippen LogP contribution in [0.1, 0.15) is 16.8 Å². The molecular weight excluding hydrogens is 294 g/mol. The Labute approximate surface area is 131 Å². The molecule has 1 atom stereocenters. The Morgan fingerprint density at radius 2 is 1.86 bits per heavy atom. The van der Waals surface area contributed by atoms with Gasteiger partial charge in [0.25, 0.3) is 5.91 Å². The summed E-state index contributed by atoms with van der Waals surface area (Å²) < 4.78 is 5.05. The Kier molecular flexibility index (Phi) is 8.61. The van der Waals surface area contributed by atoms with Gasteiger partial charge in [-0.1, -0.05) is 0 Å². The van der Waals surface area contributed by atoms with Crippen LogP contribution >= 0.6 is 12.4 Å². The van der Waals surface area contributed by atoms with Crippen molar-refractivity contribution in [3.8, 4) is 0 Å². The lowest BCUT2D eigenvalue weighted by Crippen LogP contribution is -2.28. The van der Waals surface area contributed by atoms with Crippen LogP contribution < -0.4 is 11.1 Å². The first-order valence-corrected chi connectivity index (χ1v) is 6.32. The highest BCUT2D eigenvalue weighted by Gasteiger charge is 2.12. The minimum atomic E-state index is -0.287. The van der Waals surface area contributed by atoms with Gasteiger partial charge in [0.2, 0.25) is 5.91 Å². The summed E-state index contributed by atoms with van der Waals surface area (Å²) in [6, 6.07) is 6.74. The Morgan fingerprint density at radius 1 is 1.29 bits per heavy atom. The highest BCUT2D eigenvalue weighted by molar-refractivity contribution is 5.95. The number of ether oxygens (including phenoxy) is 1. The van der Waals surface area contributed by atoms with E-state index in [1.165, 1.54) is 12.0 Å². The summed E-state index contributed by atoms with van der Waals surface area (Å²) in [4.78, 5) is 25.0. The second-order valence-corrected chi connectivity index (χ2v) is 4.62. The van der Waals surface area contributed by atoms with Crippen molar-refractivity contribution in [2.45, 2.75) is 12.5 Å². The highest BCUT2D eigenvalue weighted by atomic mass is 35.5. The first-order valence-electron chi connectivity index (χ1n) is 6.32. The van der Waals surface area contributed by atoms with Crippen LogP contribution in [0.15, 0.2) is 24.3 Å². The van der Waals surface area contributed by atoms with Gasteiger partial charge in [0, 0.05) is 39.0 Å². The van der Waals surface area contributed by atoms with Crippen LogP contribution in [-0.4, -0.2) is 50.6 Å². The summed E-state index contributed by atoms with van der Waals surface area (Å²) in [6.45, 7) is 0.292. The molecule has 21 heavy (non-hydrogen) atoms. The van der Waals surface area contributed by atoms with E-state index in [-0.39, 0.29) is 36.7 Å². The summed E-state index contributed by atoms with van der Waals surface area (Å²) in [6.07, 6.45) is -0.0876. The molecule has 1 rings (SSSR count). The maximum absolute atomic E-state index is 11.7. The number of anilines is 1. The lowest BCUT2D eigenvalue weighted by molar-refractivity contribution is -0.118. The molecule has 1 unspecified atom stereocenters. The Bertz CT molecular complexity index is 459. The first kappa shape index (κ1) is 19.4. The number of hydrogen-bond acceptors (Lipinski definition) is 4. The molecule has 0 radical (unpaired) electrons. The molecule has 6 nitrogen and oxygen atoms in total. The van der Waals surface area contributed by atoms with Gasteiger partial charge in [-0.15, -0.1) is 12.4 Å². The van der Waals surface area contributed by atoms with Gasteiger partial charge < -0.3 is 20.7 Å². The van der Waals surface area contributed by atoms with Gasteiger partial charge in [-0.25, -0.2) is 0 Å². The average Bonchev–Trinajstić information content (AvgIpc) is 2.44. The lowest BCUT2D eigenvalue weighted by atomic mass is 10.1. The van der Waals surface area contributed by atoms with Crippen LogP contribution in [0.4, 0.5) is 5.69 Å². The molecule has 2 amide bonds. The first-order chi connectivity index (χ1) is 9.47. The number of nitrogens with zero attached hydrogens (tertiary/aromatic N) is 1. The number of methoxy groups -OCH3 is 1. The number of carbonyl (C=O) groups excluding carboxylic acids is 2. The molecule has 7 heteroatoms. The highest BCUT2D eigenvalue weighted by Crippen LogP contribution is 2.11. The fourth-order valence-electron chi connectivity index (χ4n) is 1.64. The summed E-state index contributed by atoms with van der Waals surface area (Å²) >= 11 is 0. The summed E-state index contributed by atoms with van der Waals surface area (Å²) in [5.41, 5.74) is 6.67. The van der Waals surface area contributed by atoms with E-state index in [1.807, 2.05) is 0 Å². The number of nitrogens with one attached hydrogen (secondary N) is 1. The van der Waals surface area contributed by atoms with E-state index in [0.29, 0.717) is 17.8 Å². The maximum atomic E-state index is 11.7. The molecule has 0 heterocycles. The number of nitrogens with two attached hydrogens (primary N) is 1. The quantitative estimate of drug-likeness (QED) is 0.823. The van der Waals surface area contributed by atoms with Crippen LogP contribution in [0.2, 0.25) is 0 Å². The van der Waals surface area contributed by atoms with Crippen molar-refractivity contribution in [1.82, 2.24) is 4.90 Å². The number of halogens is 1. The molecular formula is C14H22ClN3O3. The molecule has 0 aromatic heterocycles. The third-order valence-corrected chi connectivity index (χ3v) is 2.83. The summed E-state index contributed by atoms with van der Waals surface area (Å²) in [5, 5.41) is 2.74. The number of hydrogen-bond donors (Lipinski definition) is 2. The molecule has 0 spiro atoms. The van der Waals surface area contributed by atoms with Crippen molar-refractivity contribution in [1.29, 1.82) is 0 Å². The number of carbonyl (C=O) groups is 2. The summed E-state index contributed by atoms with van der Waals surface area (Å²) in [7, 11) is 4.90. The zero-order valence-corrected chi connectivity index (χ0v) is 13.3. The Balaban J connectivity index is 0.00000400. The Morgan fingerprint density at radius 3 is 2.29 bits per heavy atom. The van der Waals surface area contributed by atoms with E-state index in [4.69, 9.17) is 10.5 Å². The van der Waals surface area contributed by atoms with Crippen molar-refractivity contribution in [2.75, 3.05) is 33.1 Å². The molecule has 0 fully saturated rings. The standard InChI is InChI=1S/C14H21N3O3.ClH/c1-17(2)14(19)10-4-6-11(7-5-10)16-13(18)8-12(9-15)20-3;/h4-7,12H,8-9,15H2,1-3H3,(H,16,18);1H. The molecule has 0 aliphatic rings. The Hall–Kier alpha value is -1.63. The fourth-order valence-corrected chi connectivity index (χ4v) is 1.64. The molecule has 0 saturated heterocycles. The molecule has 0 aliphatic carbocycles. The fraction of sp³-hybridized carbons (Fsp3) is 0.429. The number of amides is 2. The van der Waals surface area contributed by atoms with Crippen molar-refractivity contribution in [3.05, 3.63) is 29.8 Å². The van der Waals surface area contributed by atoms with E-state index in [2.05, 4.69) is 5.32 Å². The molecule has 1 aromatic carbocycles. The number of benzene rings is 1. The number of rotatable bonds is 6. The van der Waals surface area contributed by atoms with Crippen LogP contribution in [0.3, 0.4) is 0 Å². The average molecular weight is 316 g/mol. The second-order valence-electron chi connectivity index (χ2n) is 4.62. The second kappa shape index (κ2) is 9.33. The predicted octanol–water partition coefficient (Wildman–Crippen LogP) is 1.11. The maximum Gasteiger partial charge on any atom is 0.253 e. The van der Waals surface area contributed by atoms with Crippen LogP contribution in [0.25, 0.3) is 0 Å². The molecule has 0 bridgehead atoms. The largest absolute Gasteiger partial charge is 0.380 e. The van der Waals surface area contributed by atoms with Crippen molar-refractivity contribution in [3.63, 3.8) is 0 Å². The SMILES string of the molecule is COC(CN)CC(=O)Nc1ccc(C(=O)N(C)C)cc1.Cl. The van der Waals surface area contributed by atoms with Crippen LogP contribution in [0.5, 0.6) is 0 Å². The monoisotopic (exact) mass is 315 g/mol. The van der Waals surface area contributed by atoms with E-state index in [0.717, 1.165) is 0 Å². The van der Waals surface area contributed by atoms with Gasteiger partial charge in [-0.2, -0.15) is 0 Å². The van der Waals surface area contributed by atoms with Crippen molar-refractivity contribution in [2.24, 2.45) is 5.73 Å². The molecule has 1 aromatic rings. The summed E-state index contributed by atoms with van der Waals surface area (Å²) in [5.74, 6) is -0.251. The van der Waals surface area contributed by atoms with Gasteiger partial charge in [-0.05, 0) is 24.3 Å². The molecule has 3 N–H and O–H groups in total. The zero-order chi connectivity index (χ0) is 15.1. The molecule has 0 saturated carbocycles. The zero-order valence-electron chi connectivity index (χ0n) is 12.5. The third-order valence-electron chi connectivity index (χ3n) is 2.83. The minimum Gasteiger partial charge on any atom is -0.380 e. The van der Waals surface area contributed by atoms with Gasteiger partial charge in [0.15, 0.2) is 0 Å². The van der Waals surface area contributed by atoms with E-state index < -0.39 is 0 Å². The van der Waals surface area contributed by atoms with Crippen molar-refractivity contribution < 1.29 is 14.3 Å². The smallest absolute Gasteiger partial charge is 0.253 e. The molecule has 0 aliphatic heterocycles. The van der Waals surface area contributed by atoms with Crippen LogP contribution in [-0.2, 0) is 9.53 Å². The molecule has 118 valence electrons. The van der Waals surface area contributed by atoms with Crippen molar-refractivity contribution >= 4 is 29.9 Å².